The number of hydrogen-bond donors (Lipinski definition) is 1. The summed E-state index contributed by atoms with van der Waals surface area (Å²) in [5, 5.41) is 3.42. The van der Waals surface area contributed by atoms with Gasteiger partial charge in [-0.05, 0) is 61.9 Å². The third-order valence-corrected chi connectivity index (χ3v) is 5.49. The molecule has 0 heterocycles. The maximum absolute atomic E-state index is 3.42. The van der Waals surface area contributed by atoms with E-state index in [4.69, 9.17) is 0 Å². The molecule has 0 aromatic carbocycles. The van der Waals surface area contributed by atoms with E-state index in [9.17, 15) is 0 Å². The average molecular weight is 237 g/mol. The lowest BCUT2D eigenvalue weighted by Crippen LogP contribution is -2.40. The van der Waals surface area contributed by atoms with Crippen LogP contribution in [-0.4, -0.2) is 13.6 Å². The summed E-state index contributed by atoms with van der Waals surface area (Å²) in [6, 6.07) is 0. The monoisotopic (exact) mass is 237 g/mol. The molecule has 17 heavy (non-hydrogen) atoms. The molecule has 0 aromatic heterocycles. The van der Waals surface area contributed by atoms with Crippen molar-refractivity contribution < 1.29 is 0 Å². The van der Waals surface area contributed by atoms with Gasteiger partial charge in [0.05, 0.1) is 0 Å². The van der Waals surface area contributed by atoms with Crippen molar-refractivity contribution in [3.05, 3.63) is 0 Å². The Kier molecular flexibility index (Phi) is 4.18. The smallest absolute Gasteiger partial charge is 0.00208 e. The van der Waals surface area contributed by atoms with Crippen molar-refractivity contribution in [2.24, 2.45) is 29.1 Å². The second-order valence-electron chi connectivity index (χ2n) is 7.55. The van der Waals surface area contributed by atoms with Gasteiger partial charge in [0.25, 0.3) is 0 Å². The van der Waals surface area contributed by atoms with Gasteiger partial charge in [-0.15, -0.1) is 0 Å². The fourth-order valence-electron chi connectivity index (χ4n) is 4.02. The second-order valence-corrected chi connectivity index (χ2v) is 7.55. The average Bonchev–Trinajstić information content (AvgIpc) is 2.16. The summed E-state index contributed by atoms with van der Waals surface area (Å²) in [6.07, 6.45) is 8.95. The predicted molar refractivity (Wildman–Crippen MR) is 75.0 cm³/mol. The quantitative estimate of drug-likeness (QED) is 0.780. The van der Waals surface area contributed by atoms with E-state index < -0.39 is 0 Å². The van der Waals surface area contributed by atoms with Crippen molar-refractivity contribution in [1.82, 2.24) is 5.32 Å². The Morgan fingerprint density at radius 3 is 2.24 bits per heavy atom. The Labute approximate surface area is 108 Å². The van der Waals surface area contributed by atoms with E-state index in [-0.39, 0.29) is 0 Å². The van der Waals surface area contributed by atoms with Gasteiger partial charge in [-0.2, -0.15) is 0 Å². The predicted octanol–water partition coefficient (Wildman–Crippen LogP) is 4.08. The first-order valence-electron chi connectivity index (χ1n) is 7.67. The molecule has 3 unspecified atom stereocenters. The zero-order chi connectivity index (χ0) is 12.5. The highest BCUT2D eigenvalue weighted by molar-refractivity contribution is 4.91. The molecule has 0 saturated heterocycles. The molecular formula is C16H31N. The van der Waals surface area contributed by atoms with Crippen LogP contribution in [0, 0.1) is 29.1 Å². The summed E-state index contributed by atoms with van der Waals surface area (Å²) in [5.41, 5.74) is 0.520. The molecule has 2 fully saturated rings. The van der Waals surface area contributed by atoms with E-state index >= 15 is 0 Å². The summed E-state index contributed by atoms with van der Waals surface area (Å²) in [5.74, 6) is 4.01. The minimum atomic E-state index is 0.520. The second kappa shape index (κ2) is 5.30. The standard InChI is InChI=1S/C16H31N/c1-16(2,3)14-9-8-13(11-17-4)15(10-14)12-6-5-7-12/h12-15,17H,5-11H2,1-4H3. The van der Waals surface area contributed by atoms with Crippen LogP contribution in [0.25, 0.3) is 0 Å². The molecule has 3 atom stereocenters. The molecule has 100 valence electrons. The van der Waals surface area contributed by atoms with E-state index in [1.807, 2.05) is 0 Å². The lowest BCUT2D eigenvalue weighted by Gasteiger charge is -2.47. The highest BCUT2D eigenvalue weighted by Crippen LogP contribution is 2.49. The summed E-state index contributed by atoms with van der Waals surface area (Å²) < 4.78 is 0. The maximum atomic E-state index is 3.42. The molecule has 0 aliphatic heterocycles. The fraction of sp³-hybridized carbons (Fsp3) is 1.00. The van der Waals surface area contributed by atoms with Gasteiger partial charge in [0.2, 0.25) is 0 Å². The van der Waals surface area contributed by atoms with Crippen LogP contribution < -0.4 is 5.32 Å². The van der Waals surface area contributed by atoms with Crippen LogP contribution in [0.5, 0.6) is 0 Å². The van der Waals surface area contributed by atoms with E-state index in [0.717, 1.165) is 23.7 Å². The zero-order valence-electron chi connectivity index (χ0n) is 12.3. The molecule has 2 rings (SSSR count). The van der Waals surface area contributed by atoms with Gasteiger partial charge >= 0.3 is 0 Å². The van der Waals surface area contributed by atoms with E-state index in [2.05, 4.69) is 33.1 Å². The highest BCUT2D eigenvalue weighted by atomic mass is 14.8. The lowest BCUT2D eigenvalue weighted by molar-refractivity contribution is 0.0370. The van der Waals surface area contributed by atoms with E-state index in [0.29, 0.717) is 5.41 Å². The van der Waals surface area contributed by atoms with Crippen molar-refractivity contribution in [2.45, 2.75) is 59.3 Å². The summed E-state index contributed by atoms with van der Waals surface area (Å²) in [4.78, 5) is 0. The molecule has 1 heteroatoms. The van der Waals surface area contributed by atoms with Crippen molar-refractivity contribution in [3.8, 4) is 0 Å². The van der Waals surface area contributed by atoms with Crippen LogP contribution >= 0.6 is 0 Å². The van der Waals surface area contributed by atoms with Crippen LogP contribution in [0.15, 0.2) is 0 Å². The van der Waals surface area contributed by atoms with Gasteiger partial charge in [-0.1, -0.05) is 40.0 Å². The molecule has 0 aromatic rings. The van der Waals surface area contributed by atoms with E-state index in [1.54, 1.807) is 0 Å². The number of nitrogens with one attached hydrogen (secondary N) is 1. The maximum Gasteiger partial charge on any atom is -0.00208 e. The van der Waals surface area contributed by atoms with Crippen molar-refractivity contribution in [2.75, 3.05) is 13.6 Å². The third kappa shape index (κ3) is 3.05. The number of rotatable bonds is 3. The van der Waals surface area contributed by atoms with Gasteiger partial charge < -0.3 is 5.32 Å². The lowest BCUT2D eigenvalue weighted by atomic mass is 9.59. The molecule has 1 N–H and O–H groups in total. The van der Waals surface area contributed by atoms with Crippen LogP contribution in [0.2, 0.25) is 0 Å². The summed E-state index contributed by atoms with van der Waals surface area (Å²) in [7, 11) is 2.12. The van der Waals surface area contributed by atoms with Gasteiger partial charge in [-0.3, -0.25) is 0 Å². The molecule has 0 bridgehead atoms. The molecule has 2 saturated carbocycles. The first-order chi connectivity index (χ1) is 8.02. The van der Waals surface area contributed by atoms with Crippen LogP contribution in [0.3, 0.4) is 0 Å². The Bertz CT molecular complexity index is 236. The van der Waals surface area contributed by atoms with Crippen molar-refractivity contribution in [3.63, 3.8) is 0 Å². The molecule has 1 nitrogen and oxygen atoms in total. The Hall–Kier alpha value is -0.0400. The largest absolute Gasteiger partial charge is 0.319 e. The zero-order valence-corrected chi connectivity index (χ0v) is 12.3. The third-order valence-electron chi connectivity index (χ3n) is 5.49. The molecule has 0 spiro atoms. The molecule has 0 amide bonds. The van der Waals surface area contributed by atoms with Gasteiger partial charge in [0, 0.05) is 0 Å². The Morgan fingerprint density at radius 1 is 1.06 bits per heavy atom. The normalized spacial score (nSPS) is 35.6. The van der Waals surface area contributed by atoms with Crippen LogP contribution in [0.1, 0.15) is 59.3 Å². The first kappa shape index (κ1) is 13.4. The minimum absolute atomic E-state index is 0.520. The van der Waals surface area contributed by atoms with Crippen LogP contribution in [-0.2, 0) is 0 Å². The van der Waals surface area contributed by atoms with Crippen LogP contribution in [0.4, 0.5) is 0 Å². The summed E-state index contributed by atoms with van der Waals surface area (Å²) in [6.45, 7) is 8.56. The topological polar surface area (TPSA) is 12.0 Å². The van der Waals surface area contributed by atoms with Gasteiger partial charge in [0.1, 0.15) is 0 Å². The molecule has 2 aliphatic carbocycles. The molecular weight excluding hydrogens is 206 g/mol. The van der Waals surface area contributed by atoms with Crippen molar-refractivity contribution in [1.29, 1.82) is 0 Å². The minimum Gasteiger partial charge on any atom is -0.319 e. The highest BCUT2D eigenvalue weighted by Gasteiger charge is 2.40. The number of hydrogen-bond acceptors (Lipinski definition) is 1. The first-order valence-corrected chi connectivity index (χ1v) is 7.67. The van der Waals surface area contributed by atoms with Crippen molar-refractivity contribution >= 4 is 0 Å². The van der Waals surface area contributed by atoms with Gasteiger partial charge in [-0.25, -0.2) is 0 Å². The molecule has 0 radical (unpaired) electrons. The molecule has 2 aliphatic rings. The fourth-order valence-corrected chi connectivity index (χ4v) is 4.02. The SMILES string of the molecule is CNCC1CCC(C(C)(C)C)CC1C1CCC1. The summed E-state index contributed by atoms with van der Waals surface area (Å²) >= 11 is 0. The Balaban J connectivity index is 1.99. The Morgan fingerprint density at radius 2 is 1.76 bits per heavy atom. The van der Waals surface area contributed by atoms with Gasteiger partial charge in [0.15, 0.2) is 0 Å². The van der Waals surface area contributed by atoms with E-state index in [1.165, 1.54) is 45.1 Å².